The Hall–Kier alpha value is -0.610. The minimum Gasteiger partial charge on any atom is -0.127 e. The first-order valence-corrected chi connectivity index (χ1v) is 6.76. The highest BCUT2D eigenvalue weighted by Crippen LogP contribution is 2.31. The van der Waals surface area contributed by atoms with Crippen molar-refractivity contribution in [1.29, 1.82) is 0 Å². The van der Waals surface area contributed by atoms with Crippen molar-refractivity contribution in [3.8, 4) is 0 Å². The molecule has 1 aromatic rings. The molecule has 88 valence electrons. The van der Waals surface area contributed by atoms with Gasteiger partial charge in [-0.3, -0.25) is 0 Å². The Kier molecular flexibility index (Phi) is 5.22. The average molecular weight is 234 g/mol. The van der Waals surface area contributed by atoms with Crippen LogP contribution in [0.5, 0.6) is 0 Å². The molecular weight excluding hydrogens is 211 g/mol. The molecule has 0 radical (unpaired) electrons. The molecule has 1 heteroatoms. The van der Waals surface area contributed by atoms with Crippen LogP contribution in [0.3, 0.4) is 0 Å². The smallest absolute Gasteiger partial charge is 0.00982 e. The van der Waals surface area contributed by atoms with E-state index in [1.54, 1.807) is 0 Å². The summed E-state index contributed by atoms with van der Waals surface area (Å²) in [5.41, 5.74) is 4.50. The van der Waals surface area contributed by atoms with E-state index in [1.165, 1.54) is 16.7 Å². The fraction of sp³-hybridized carbons (Fsp3) is 0.533. The van der Waals surface area contributed by atoms with E-state index in [0.717, 1.165) is 12.8 Å². The molecule has 0 nitrogen and oxygen atoms in total. The van der Waals surface area contributed by atoms with Crippen LogP contribution < -0.4 is 0 Å². The van der Waals surface area contributed by atoms with E-state index in [1.807, 2.05) is 0 Å². The summed E-state index contributed by atoms with van der Waals surface area (Å²) in [5.74, 6) is 3.42. The molecule has 0 N–H and O–H groups in total. The summed E-state index contributed by atoms with van der Waals surface area (Å²) < 4.78 is 0. The van der Waals surface area contributed by atoms with Gasteiger partial charge in [-0.1, -0.05) is 44.8 Å². The van der Waals surface area contributed by atoms with Crippen LogP contribution in [0.25, 0.3) is 0 Å². The molecule has 0 heterocycles. The summed E-state index contributed by atoms with van der Waals surface area (Å²) in [6.45, 7) is 9.09. The zero-order chi connectivity index (χ0) is 12.1. The molecular formula is C15H23P. The van der Waals surface area contributed by atoms with Crippen LogP contribution in [-0.4, -0.2) is 5.80 Å². The van der Waals surface area contributed by atoms with Crippen molar-refractivity contribution in [2.24, 2.45) is 5.92 Å². The third-order valence-corrected chi connectivity index (χ3v) is 3.61. The molecule has 0 aliphatic carbocycles. The third-order valence-electron chi connectivity index (χ3n) is 3.38. The number of benzene rings is 1. The zero-order valence-corrected chi connectivity index (χ0v) is 11.9. The van der Waals surface area contributed by atoms with Gasteiger partial charge >= 0.3 is 0 Å². The maximum Gasteiger partial charge on any atom is -0.00982 e. The molecule has 1 atom stereocenters. The monoisotopic (exact) mass is 234 g/mol. The van der Waals surface area contributed by atoms with Gasteiger partial charge in [0.1, 0.15) is 0 Å². The van der Waals surface area contributed by atoms with Gasteiger partial charge in [-0.25, -0.2) is 0 Å². The Balaban J connectivity index is 3.17. The van der Waals surface area contributed by atoms with E-state index in [0.29, 0.717) is 11.8 Å². The van der Waals surface area contributed by atoms with Crippen LogP contribution in [0.15, 0.2) is 18.2 Å². The summed E-state index contributed by atoms with van der Waals surface area (Å²) in [6, 6.07) is 6.70. The molecule has 0 aromatic heterocycles. The summed E-state index contributed by atoms with van der Waals surface area (Å²) in [4.78, 5) is 0. The molecule has 1 aromatic carbocycles. The van der Waals surface area contributed by atoms with Gasteiger partial charge in [0.05, 0.1) is 0 Å². The molecule has 0 saturated carbocycles. The number of hydrogen-bond acceptors (Lipinski definition) is 0. The molecule has 16 heavy (non-hydrogen) atoms. The predicted molar refractivity (Wildman–Crippen MR) is 77.1 cm³/mol. The van der Waals surface area contributed by atoms with Crippen molar-refractivity contribution in [1.82, 2.24) is 0 Å². The fourth-order valence-corrected chi connectivity index (χ4v) is 2.69. The van der Waals surface area contributed by atoms with E-state index < -0.39 is 0 Å². The van der Waals surface area contributed by atoms with Gasteiger partial charge in [-0.15, -0.1) is 8.86 Å². The van der Waals surface area contributed by atoms with E-state index in [2.05, 4.69) is 60.6 Å². The predicted octanol–water partition coefficient (Wildman–Crippen LogP) is 4.63. The van der Waals surface area contributed by atoms with Gasteiger partial charge < -0.3 is 0 Å². The summed E-state index contributed by atoms with van der Waals surface area (Å²) in [6.07, 6.45) is 2.23. The fourth-order valence-electron chi connectivity index (χ4n) is 2.44. The van der Waals surface area contributed by atoms with Crippen molar-refractivity contribution in [3.05, 3.63) is 34.9 Å². The number of aryl methyl sites for hydroxylation is 1. The van der Waals surface area contributed by atoms with Crippen LogP contribution in [0.2, 0.25) is 0 Å². The van der Waals surface area contributed by atoms with Gasteiger partial charge in [-0.05, 0) is 48.3 Å². The highest BCUT2D eigenvalue weighted by molar-refractivity contribution is 7.18. The Morgan fingerprint density at radius 2 is 2.00 bits per heavy atom. The Morgan fingerprint density at radius 3 is 2.50 bits per heavy atom. The maximum atomic E-state index is 3.50. The SMILES string of the molecule is CCc1c(C)cccc1C(CC=P)C(C)C. The Morgan fingerprint density at radius 1 is 1.31 bits per heavy atom. The molecule has 1 unspecified atom stereocenters. The van der Waals surface area contributed by atoms with E-state index in [-0.39, 0.29) is 0 Å². The standard InChI is InChI=1S/C15H23P/c1-5-13-12(4)7-6-8-15(13)14(9-10-16)11(2)3/h6-8,10-11,14,16H,5,9H2,1-4H3. The van der Waals surface area contributed by atoms with E-state index in [9.17, 15) is 0 Å². The van der Waals surface area contributed by atoms with Crippen molar-refractivity contribution in [2.45, 2.75) is 46.5 Å². The first kappa shape index (κ1) is 13.5. The average Bonchev–Trinajstić information content (AvgIpc) is 2.25. The lowest BCUT2D eigenvalue weighted by Crippen LogP contribution is -2.10. The topological polar surface area (TPSA) is 0 Å². The second-order valence-corrected chi connectivity index (χ2v) is 5.19. The van der Waals surface area contributed by atoms with E-state index >= 15 is 0 Å². The number of hydrogen-bond donors (Lipinski definition) is 0. The van der Waals surface area contributed by atoms with Gasteiger partial charge in [-0.2, -0.15) is 0 Å². The highest BCUT2D eigenvalue weighted by atomic mass is 31.0. The van der Waals surface area contributed by atoms with Crippen molar-refractivity contribution >= 4 is 14.7 Å². The second kappa shape index (κ2) is 6.21. The molecule has 0 fully saturated rings. The number of rotatable bonds is 5. The summed E-state index contributed by atoms with van der Waals surface area (Å²) in [5, 5.41) is 0. The van der Waals surface area contributed by atoms with Crippen LogP contribution >= 0.6 is 8.86 Å². The first-order chi connectivity index (χ1) is 7.61. The Labute approximate surface area is 102 Å². The van der Waals surface area contributed by atoms with Crippen LogP contribution in [0, 0.1) is 12.8 Å². The Bertz CT molecular complexity index is 352. The van der Waals surface area contributed by atoms with E-state index in [4.69, 9.17) is 0 Å². The zero-order valence-electron chi connectivity index (χ0n) is 10.9. The van der Waals surface area contributed by atoms with Crippen LogP contribution in [0.1, 0.15) is 49.8 Å². The molecule has 0 spiro atoms. The summed E-state index contributed by atoms with van der Waals surface area (Å²) in [7, 11) is 3.50. The quantitative estimate of drug-likeness (QED) is 0.651. The normalized spacial score (nSPS) is 12.8. The maximum absolute atomic E-state index is 3.50. The first-order valence-electron chi connectivity index (χ1n) is 6.19. The minimum atomic E-state index is 0.632. The lowest BCUT2D eigenvalue weighted by molar-refractivity contribution is 0.512. The van der Waals surface area contributed by atoms with Crippen LogP contribution in [0.4, 0.5) is 0 Å². The summed E-state index contributed by atoms with van der Waals surface area (Å²) >= 11 is 0. The highest BCUT2D eigenvalue weighted by Gasteiger charge is 2.17. The molecule has 0 bridgehead atoms. The van der Waals surface area contributed by atoms with Crippen molar-refractivity contribution in [3.63, 3.8) is 0 Å². The second-order valence-electron chi connectivity index (χ2n) is 4.79. The van der Waals surface area contributed by atoms with Gasteiger partial charge in [0.25, 0.3) is 0 Å². The molecule has 0 aliphatic heterocycles. The van der Waals surface area contributed by atoms with Crippen LogP contribution in [-0.2, 0) is 6.42 Å². The van der Waals surface area contributed by atoms with Gasteiger partial charge in [0.2, 0.25) is 0 Å². The lowest BCUT2D eigenvalue weighted by Gasteiger charge is -2.23. The van der Waals surface area contributed by atoms with Crippen molar-refractivity contribution in [2.75, 3.05) is 0 Å². The molecule has 1 rings (SSSR count). The third kappa shape index (κ3) is 2.95. The lowest BCUT2D eigenvalue weighted by atomic mass is 9.82. The van der Waals surface area contributed by atoms with Crippen molar-refractivity contribution < 1.29 is 0 Å². The van der Waals surface area contributed by atoms with Gasteiger partial charge in [0.15, 0.2) is 0 Å². The molecule has 0 aliphatic rings. The molecule has 0 amide bonds. The molecule has 0 saturated heterocycles. The largest absolute Gasteiger partial charge is 0.127 e. The van der Waals surface area contributed by atoms with Gasteiger partial charge in [0, 0.05) is 0 Å². The minimum absolute atomic E-state index is 0.632.